The van der Waals surface area contributed by atoms with Crippen molar-refractivity contribution in [3.8, 4) is 5.75 Å². The maximum absolute atomic E-state index is 12.4. The molecule has 0 radical (unpaired) electrons. The third-order valence-corrected chi connectivity index (χ3v) is 4.35. The van der Waals surface area contributed by atoms with Crippen molar-refractivity contribution < 1.29 is 28.6 Å². The van der Waals surface area contributed by atoms with Gasteiger partial charge in [-0.2, -0.15) is 0 Å². The number of carbonyl (C=O) groups is 3. The van der Waals surface area contributed by atoms with Gasteiger partial charge >= 0.3 is 11.9 Å². The van der Waals surface area contributed by atoms with Gasteiger partial charge in [-0.25, -0.2) is 9.59 Å². The van der Waals surface area contributed by atoms with Gasteiger partial charge in [0.1, 0.15) is 5.75 Å². The van der Waals surface area contributed by atoms with Gasteiger partial charge in [0.05, 0.1) is 31.0 Å². The summed E-state index contributed by atoms with van der Waals surface area (Å²) in [4.78, 5) is 36.0. The van der Waals surface area contributed by atoms with Crippen LogP contribution in [0.5, 0.6) is 5.75 Å². The van der Waals surface area contributed by atoms with Crippen LogP contribution in [0.3, 0.4) is 0 Å². The number of benzene rings is 2. The lowest BCUT2D eigenvalue weighted by molar-refractivity contribution is -0.118. The average Bonchev–Trinajstić information content (AvgIpc) is 2.70. The van der Waals surface area contributed by atoms with E-state index in [-0.39, 0.29) is 23.4 Å². The lowest BCUT2D eigenvalue weighted by atomic mass is 9.98. The van der Waals surface area contributed by atoms with Gasteiger partial charge in [0.15, 0.2) is 6.61 Å². The SMILES string of the molecule is COC(=O)c1ccc(C(=O)OC)c(NC(=O)COc2ccc(C(C)C)c(C)c2)c1. The van der Waals surface area contributed by atoms with Gasteiger partial charge in [-0.1, -0.05) is 19.9 Å². The molecule has 1 N–H and O–H groups in total. The van der Waals surface area contributed by atoms with Crippen LogP contribution in [-0.4, -0.2) is 38.7 Å². The highest BCUT2D eigenvalue weighted by Crippen LogP contribution is 2.24. The van der Waals surface area contributed by atoms with E-state index in [2.05, 4.69) is 23.9 Å². The number of esters is 2. The van der Waals surface area contributed by atoms with Crippen LogP contribution in [0.15, 0.2) is 36.4 Å². The molecular weight excluding hydrogens is 374 g/mol. The number of carbonyl (C=O) groups excluding carboxylic acids is 3. The van der Waals surface area contributed by atoms with Crippen molar-refractivity contribution in [3.05, 3.63) is 58.7 Å². The number of anilines is 1. The smallest absolute Gasteiger partial charge is 0.339 e. The normalized spacial score (nSPS) is 10.4. The zero-order chi connectivity index (χ0) is 21.6. The number of rotatable bonds is 7. The quantitative estimate of drug-likeness (QED) is 0.714. The molecule has 1 amide bonds. The number of ether oxygens (including phenoxy) is 3. The molecule has 7 heteroatoms. The Bertz CT molecular complexity index is 920. The van der Waals surface area contributed by atoms with E-state index in [4.69, 9.17) is 9.47 Å². The Morgan fingerprint density at radius 1 is 0.966 bits per heavy atom. The summed E-state index contributed by atoms with van der Waals surface area (Å²) >= 11 is 0. The number of amides is 1. The van der Waals surface area contributed by atoms with Gasteiger partial charge in [0.25, 0.3) is 5.91 Å². The minimum absolute atomic E-state index is 0.116. The first-order valence-corrected chi connectivity index (χ1v) is 9.10. The van der Waals surface area contributed by atoms with Crippen LogP contribution in [0.25, 0.3) is 0 Å². The van der Waals surface area contributed by atoms with Gasteiger partial charge in [-0.3, -0.25) is 4.79 Å². The van der Waals surface area contributed by atoms with Gasteiger partial charge in [0.2, 0.25) is 0 Å². The predicted octanol–water partition coefficient (Wildman–Crippen LogP) is 3.71. The Labute approximate surface area is 170 Å². The summed E-state index contributed by atoms with van der Waals surface area (Å²) in [6, 6.07) is 9.83. The summed E-state index contributed by atoms with van der Waals surface area (Å²) < 4.78 is 15.0. The Kier molecular flexibility index (Phi) is 7.36. The first-order valence-electron chi connectivity index (χ1n) is 9.10. The van der Waals surface area contributed by atoms with E-state index in [1.54, 1.807) is 0 Å². The van der Waals surface area contributed by atoms with E-state index in [1.807, 2.05) is 25.1 Å². The Balaban J connectivity index is 2.14. The molecule has 0 aliphatic rings. The van der Waals surface area contributed by atoms with E-state index < -0.39 is 17.8 Å². The molecule has 2 aromatic rings. The molecule has 0 saturated carbocycles. The molecule has 7 nitrogen and oxygen atoms in total. The summed E-state index contributed by atoms with van der Waals surface area (Å²) in [5, 5.41) is 2.59. The molecule has 0 bridgehead atoms. The molecule has 0 atom stereocenters. The Morgan fingerprint density at radius 2 is 1.66 bits per heavy atom. The van der Waals surface area contributed by atoms with Crippen molar-refractivity contribution in [2.45, 2.75) is 26.7 Å². The van der Waals surface area contributed by atoms with Gasteiger partial charge < -0.3 is 19.5 Å². The third-order valence-electron chi connectivity index (χ3n) is 4.35. The van der Waals surface area contributed by atoms with Crippen molar-refractivity contribution in [1.29, 1.82) is 0 Å². The molecule has 0 saturated heterocycles. The fourth-order valence-corrected chi connectivity index (χ4v) is 2.90. The third kappa shape index (κ3) is 5.57. The fraction of sp³-hybridized carbons (Fsp3) is 0.318. The van der Waals surface area contributed by atoms with Gasteiger partial charge in [-0.15, -0.1) is 0 Å². The largest absolute Gasteiger partial charge is 0.484 e. The molecular formula is C22H25NO6. The Hall–Kier alpha value is -3.35. The summed E-state index contributed by atoms with van der Waals surface area (Å²) in [7, 11) is 2.48. The van der Waals surface area contributed by atoms with E-state index in [0.29, 0.717) is 11.7 Å². The zero-order valence-electron chi connectivity index (χ0n) is 17.2. The van der Waals surface area contributed by atoms with Crippen LogP contribution in [-0.2, 0) is 14.3 Å². The van der Waals surface area contributed by atoms with Crippen LogP contribution >= 0.6 is 0 Å². The van der Waals surface area contributed by atoms with Crippen LogP contribution in [0.2, 0.25) is 0 Å². The molecule has 0 aromatic heterocycles. The molecule has 2 rings (SSSR count). The highest BCUT2D eigenvalue weighted by molar-refractivity contribution is 6.03. The average molecular weight is 399 g/mol. The highest BCUT2D eigenvalue weighted by Gasteiger charge is 2.17. The first kappa shape index (κ1) is 21.9. The van der Waals surface area contributed by atoms with E-state index in [0.717, 1.165) is 5.56 Å². The van der Waals surface area contributed by atoms with Crippen LogP contribution < -0.4 is 10.1 Å². The topological polar surface area (TPSA) is 90.9 Å². The molecule has 0 unspecified atom stereocenters. The number of methoxy groups -OCH3 is 2. The number of hydrogen-bond donors (Lipinski definition) is 1. The maximum Gasteiger partial charge on any atom is 0.339 e. The van der Waals surface area contributed by atoms with Gasteiger partial charge in [0, 0.05) is 0 Å². The number of nitrogens with one attached hydrogen (secondary N) is 1. The van der Waals surface area contributed by atoms with E-state index in [9.17, 15) is 14.4 Å². The standard InChI is InChI=1S/C22H25NO6/c1-13(2)17-9-7-16(10-14(17)3)29-12-20(24)23-19-11-15(21(25)27-4)6-8-18(19)22(26)28-5/h6-11,13H,12H2,1-5H3,(H,23,24). The van der Waals surface area contributed by atoms with Crippen molar-refractivity contribution in [1.82, 2.24) is 0 Å². The summed E-state index contributed by atoms with van der Waals surface area (Å²) in [6.45, 7) is 5.95. The maximum atomic E-state index is 12.4. The van der Waals surface area contributed by atoms with E-state index in [1.165, 1.54) is 38.0 Å². The monoisotopic (exact) mass is 399 g/mol. The molecule has 2 aromatic carbocycles. The van der Waals surface area contributed by atoms with Crippen molar-refractivity contribution in [2.24, 2.45) is 0 Å². The van der Waals surface area contributed by atoms with Crippen LogP contribution in [0.1, 0.15) is 51.6 Å². The molecule has 29 heavy (non-hydrogen) atoms. The molecule has 0 spiro atoms. The van der Waals surface area contributed by atoms with Gasteiger partial charge in [-0.05, 0) is 54.3 Å². The van der Waals surface area contributed by atoms with Crippen LogP contribution in [0.4, 0.5) is 5.69 Å². The van der Waals surface area contributed by atoms with Crippen molar-refractivity contribution >= 4 is 23.5 Å². The second-order valence-electron chi connectivity index (χ2n) is 6.75. The number of aryl methyl sites for hydroxylation is 1. The molecule has 0 aliphatic heterocycles. The number of hydrogen-bond acceptors (Lipinski definition) is 6. The summed E-state index contributed by atoms with van der Waals surface area (Å²) in [6.07, 6.45) is 0. The summed E-state index contributed by atoms with van der Waals surface area (Å²) in [5.74, 6) is -0.751. The Morgan fingerprint density at radius 3 is 2.24 bits per heavy atom. The molecule has 0 heterocycles. The van der Waals surface area contributed by atoms with E-state index >= 15 is 0 Å². The second-order valence-corrected chi connectivity index (χ2v) is 6.75. The lowest BCUT2D eigenvalue weighted by Gasteiger charge is -2.14. The van der Waals surface area contributed by atoms with Crippen molar-refractivity contribution in [3.63, 3.8) is 0 Å². The fourth-order valence-electron chi connectivity index (χ4n) is 2.90. The minimum Gasteiger partial charge on any atom is -0.484 e. The highest BCUT2D eigenvalue weighted by atomic mass is 16.5. The summed E-state index contributed by atoms with van der Waals surface area (Å²) in [5.41, 5.74) is 2.74. The zero-order valence-corrected chi connectivity index (χ0v) is 17.2. The van der Waals surface area contributed by atoms with Crippen LogP contribution in [0, 0.1) is 6.92 Å². The molecule has 154 valence electrons. The molecule has 0 fully saturated rings. The molecule has 0 aliphatic carbocycles. The van der Waals surface area contributed by atoms with Crippen molar-refractivity contribution in [2.75, 3.05) is 26.1 Å². The second kappa shape index (κ2) is 9.73. The lowest BCUT2D eigenvalue weighted by Crippen LogP contribution is -2.22. The first-order chi connectivity index (χ1) is 13.8. The minimum atomic E-state index is -0.641. The predicted molar refractivity (Wildman–Crippen MR) is 109 cm³/mol.